The van der Waals surface area contributed by atoms with E-state index in [0.717, 1.165) is 25.7 Å². The maximum Gasteiger partial charge on any atom is 0.129 e. The lowest BCUT2D eigenvalue weighted by atomic mass is 10.0. The quantitative estimate of drug-likeness (QED) is 0.234. The minimum atomic E-state index is -0.984. The Bertz CT molecular complexity index is 320. The fourth-order valence-electron chi connectivity index (χ4n) is 3.52. The first-order chi connectivity index (χ1) is 13.1. The summed E-state index contributed by atoms with van der Waals surface area (Å²) in [6.07, 6.45) is 19.8. The molecule has 0 aliphatic heterocycles. The van der Waals surface area contributed by atoms with Gasteiger partial charge in [-0.2, -0.15) is 0 Å². The van der Waals surface area contributed by atoms with Crippen molar-refractivity contribution in [2.24, 2.45) is 0 Å². The zero-order valence-electron chi connectivity index (χ0n) is 17.8. The molecular weight excluding hydrogens is 340 g/mol. The van der Waals surface area contributed by atoms with Crippen molar-refractivity contribution in [3.63, 3.8) is 0 Å². The van der Waals surface area contributed by atoms with Crippen molar-refractivity contribution in [3.05, 3.63) is 0 Å². The van der Waals surface area contributed by atoms with E-state index in [2.05, 4.69) is 0 Å². The molecule has 0 saturated carbocycles. The fraction of sp³-hybridized carbons (Fsp3) is 0.957. The molecule has 27 heavy (non-hydrogen) atoms. The fourth-order valence-corrected chi connectivity index (χ4v) is 3.52. The van der Waals surface area contributed by atoms with Crippen molar-refractivity contribution >= 4 is 5.78 Å². The molecule has 0 bridgehead atoms. The standard InChI is InChI=1S/C23H46O4/c1-21(25)18-16-14-12-10-8-6-4-2-3-5-7-9-11-13-15-17-19-22(26)23(27)20-24/h22-24,26-27H,2-20H2,1H3. The summed E-state index contributed by atoms with van der Waals surface area (Å²) in [6.45, 7) is 1.32. The third kappa shape index (κ3) is 20.1. The van der Waals surface area contributed by atoms with Crippen LogP contribution in [0.15, 0.2) is 0 Å². The number of hydrogen-bond acceptors (Lipinski definition) is 4. The third-order valence-electron chi connectivity index (χ3n) is 5.41. The van der Waals surface area contributed by atoms with Crippen molar-refractivity contribution in [2.75, 3.05) is 6.61 Å². The Morgan fingerprint density at radius 1 is 0.593 bits per heavy atom. The van der Waals surface area contributed by atoms with Crippen LogP contribution in [0.2, 0.25) is 0 Å². The van der Waals surface area contributed by atoms with E-state index in [1.54, 1.807) is 6.92 Å². The predicted molar refractivity (Wildman–Crippen MR) is 113 cm³/mol. The van der Waals surface area contributed by atoms with Gasteiger partial charge in [-0.3, -0.25) is 0 Å². The summed E-state index contributed by atoms with van der Waals surface area (Å²) in [5, 5.41) is 27.6. The van der Waals surface area contributed by atoms with Crippen LogP contribution in [-0.2, 0) is 4.79 Å². The Hall–Kier alpha value is -0.450. The second-order valence-electron chi connectivity index (χ2n) is 8.21. The normalized spacial score (nSPS) is 13.6. The molecule has 0 aromatic carbocycles. The molecule has 0 amide bonds. The minimum absolute atomic E-state index is 0.324. The highest BCUT2D eigenvalue weighted by molar-refractivity contribution is 5.75. The number of carbonyl (C=O) groups excluding carboxylic acids is 1. The molecule has 0 aromatic heterocycles. The molecule has 0 saturated heterocycles. The van der Waals surface area contributed by atoms with Crippen molar-refractivity contribution in [1.82, 2.24) is 0 Å². The lowest BCUT2D eigenvalue weighted by molar-refractivity contribution is -0.117. The van der Waals surface area contributed by atoms with Gasteiger partial charge in [-0.05, 0) is 19.8 Å². The first kappa shape index (κ1) is 26.6. The predicted octanol–water partition coefficient (Wildman–Crippen LogP) is 5.31. The molecule has 4 heteroatoms. The Balaban J connectivity index is 3.10. The number of aliphatic hydroxyl groups excluding tert-OH is 3. The number of carbonyl (C=O) groups is 1. The van der Waals surface area contributed by atoms with Crippen LogP contribution in [0.5, 0.6) is 0 Å². The van der Waals surface area contributed by atoms with Gasteiger partial charge in [0.1, 0.15) is 11.9 Å². The van der Waals surface area contributed by atoms with Crippen LogP contribution in [0.4, 0.5) is 0 Å². The van der Waals surface area contributed by atoms with Crippen molar-refractivity contribution in [2.45, 2.75) is 135 Å². The van der Waals surface area contributed by atoms with Gasteiger partial charge in [-0.25, -0.2) is 0 Å². The molecule has 3 N–H and O–H groups in total. The Morgan fingerprint density at radius 3 is 1.26 bits per heavy atom. The molecule has 0 aliphatic carbocycles. The molecule has 162 valence electrons. The zero-order valence-corrected chi connectivity index (χ0v) is 17.8. The molecule has 4 nitrogen and oxygen atoms in total. The van der Waals surface area contributed by atoms with Crippen molar-refractivity contribution in [3.8, 4) is 0 Å². The number of Topliss-reactive ketones (excluding diaryl/α,β-unsaturated/α-hetero) is 1. The monoisotopic (exact) mass is 386 g/mol. The molecule has 0 fully saturated rings. The third-order valence-corrected chi connectivity index (χ3v) is 5.41. The average Bonchev–Trinajstić information content (AvgIpc) is 2.65. The Labute approximate surface area is 167 Å². The number of hydrogen-bond donors (Lipinski definition) is 3. The smallest absolute Gasteiger partial charge is 0.129 e. The van der Waals surface area contributed by atoms with E-state index in [1.165, 1.54) is 83.5 Å². The lowest BCUT2D eigenvalue weighted by Crippen LogP contribution is -2.28. The summed E-state index contributed by atoms with van der Waals surface area (Å²) in [5.74, 6) is 0.324. The topological polar surface area (TPSA) is 77.8 Å². The molecule has 0 heterocycles. The SMILES string of the molecule is CC(=O)CCCCCCCCCCCCCCCCCCC(O)C(O)CO. The van der Waals surface area contributed by atoms with E-state index in [4.69, 9.17) is 5.11 Å². The van der Waals surface area contributed by atoms with Crippen molar-refractivity contribution < 1.29 is 20.1 Å². The van der Waals surface area contributed by atoms with E-state index in [9.17, 15) is 15.0 Å². The van der Waals surface area contributed by atoms with E-state index in [0.29, 0.717) is 12.2 Å². The maximum atomic E-state index is 10.8. The molecule has 0 rings (SSSR count). The summed E-state index contributed by atoms with van der Waals surface area (Å²) < 4.78 is 0. The van der Waals surface area contributed by atoms with E-state index >= 15 is 0 Å². The second kappa shape index (κ2) is 20.3. The number of aliphatic hydroxyl groups is 3. The first-order valence-corrected chi connectivity index (χ1v) is 11.5. The summed E-state index contributed by atoms with van der Waals surface area (Å²) in [6, 6.07) is 0. The van der Waals surface area contributed by atoms with Gasteiger partial charge in [0.05, 0.1) is 12.7 Å². The van der Waals surface area contributed by atoms with Crippen molar-refractivity contribution in [1.29, 1.82) is 0 Å². The number of rotatable bonds is 21. The highest BCUT2D eigenvalue weighted by atomic mass is 16.4. The summed E-state index contributed by atoms with van der Waals surface area (Å²) in [5.41, 5.74) is 0. The van der Waals surface area contributed by atoms with Gasteiger partial charge in [-0.15, -0.1) is 0 Å². The summed E-state index contributed by atoms with van der Waals surface area (Å²) in [4.78, 5) is 10.8. The number of unbranched alkanes of at least 4 members (excludes halogenated alkanes) is 15. The second-order valence-corrected chi connectivity index (χ2v) is 8.21. The van der Waals surface area contributed by atoms with Gasteiger partial charge in [0.2, 0.25) is 0 Å². The van der Waals surface area contributed by atoms with Gasteiger partial charge in [0.25, 0.3) is 0 Å². The van der Waals surface area contributed by atoms with Crippen LogP contribution in [0, 0.1) is 0 Å². The highest BCUT2D eigenvalue weighted by Gasteiger charge is 2.13. The summed E-state index contributed by atoms with van der Waals surface area (Å²) in [7, 11) is 0. The van der Waals surface area contributed by atoms with Gasteiger partial charge >= 0.3 is 0 Å². The summed E-state index contributed by atoms with van der Waals surface area (Å²) >= 11 is 0. The van der Waals surface area contributed by atoms with Crippen LogP contribution in [0.25, 0.3) is 0 Å². The van der Waals surface area contributed by atoms with E-state index in [-0.39, 0.29) is 6.61 Å². The molecule has 0 spiro atoms. The van der Waals surface area contributed by atoms with Crippen LogP contribution in [0.1, 0.15) is 122 Å². The largest absolute Gasteiger partial charge is 0.394 e. The zero-order chi connectivity index (χ0) is 20.2. The van der Waals surface area contributed by atoms with Crippen LogP contribution >= 0.6 is 0 Å². The molecule has 0 aromatic rings. The molecule has 2 unspecified atom stereocenters. The van der Waals surface area contributed by atoms with E-state index in [1.807, 2.05) is 0 Å². The molecule has 0 radical (unpaired) electrons. The Morgan fingerprint density at radius 2 is 0.926 bits per heavy atom. The maximum absolute atomic E-state index is 10.8. The van der Waals surface area contributed by atoms with Gasteiger partial charge < -0.3 is 20.1 Å². The minimum Gasteiger partial charge on any atom is -0.394 e. The average molecular weight is 387 g/mol. The lowest BCUT2D eigenvalue weighted by Gasteiger charge is -2.14. The highest BCUT2D eigenvalue weighted by Crippen LogP contribution is 2.15. The molecular formula is C23H46O4. The van der Waals surface area contributed by atoms with Gasteiger partial charge in [-0.1, -0.05) is 96.3 Å². The first-order valence-electron chi connectivity index (χ1n) is 11.5. The van der Waals surface area contributed by atoms with Gasteiger partial charge in [0, 0.05) is 6.42 Å². The van der Waals surface area contributed by atoms with Crippen LogP contribution < -0.4 is 0 Å². The molecule has 0 aliphatic rings. The van der Waals surface area contributed by atoms with Gasteiger partial charge in [0.15, 0.2) is 0 Å². The van der Waals surface area contributed by atoms with E-state index < -0.39 is 12.2 Å². The van der Waals surface area contributed by atoms with Crippen LogP contribution in [-0.4, -0.2) is 39.9 Å². The Kier molecular flexibility index (Phi) is 20.0. The molecule has 2 atom stereocenters. The number of ketones is 1. The van der Waals surface area contributed by atoms with Crippen LogP contribution in [0.3, 0.4) is 0 Å².